The van der Waals surface area contributed by atoms with Crippen LogP contribution in [0.3, 0.4) is 0 Å². The minimum absolute atomic E-state index is 0.230. The second-order valence-electron chi connectivity index (χ2n) is 5.41. The molecule has 0 saturated heterocycles. The van der Waals surface area contributed by atoms with E-state index in [0.29, 0.717) is 0 Å². The lowest BCUT2D eigenvalue weighted by Gasteiger charge is -2.19. The maximum atomic E-state index is 4.55. The van der Waals surface area contributed by atoms with Gasteiger partial charge in [0.15, 0.2) is 0 Å². The Kier molecular flexibility index (Phi) is 5.12. The number of hydrogen-bond acceptors (Lipinski definition) is 4. The highest BCUT2D eigenvalue weighted by atomic mass is 15.3. The third-order valence-corrected chi connectivity index (χ3v) is 3.94. The van der Waals surface area contributed by atoms with Crippen LogP contribution in [-0.4, -0.2) is 31.1 Å². The number of hydrogen-bond donors (Lipinski definition) is 1. The molecule has 2 heterocycles. The monoisotopic (exact) mass is 290 g/mol. The summed E-state index contributed by atoms with van der Waals surface area (Å²) in [5.74, 6) is 1.02. The second kappa shape index (κ2) is 6.85. The molecule has 0 radical (unpaired) electrons. The van der Waals surface area contributed by atoms with Gasteiger partial charge in [-0.3, -0.25) is 9.36 Å². The van der Waals surface area contributed by atoms with Gasteiger partial charge in [0.2, 0.25) is 0 Å². The SMILES string of the molecule is CCCNC(Cc1ncnn1CC)c1c(C)nn(C)c1C. The standard InChI is InChI=1S/C15H26N6/c1-6-8-16-13(9-14-17-10-18-21(14)7-2)15-11(3)19-20(5)12(15)4/h10,13,16H,6-9H2,1-5H3. The lowest BCUT2D eigenvalue weighted by atomic mass is 10.0. The molecule has 21 heavy (non-hydrogen) atoms. The van der Waals surface area contributed by atoms with Crippen molar-refractivity contribution in [3.63, 3.8) is 0 Å². The topological polar surface area (TPSA) is 60.6 Å². The number of nitrogens with one attached hydrogen (secondary N) is 1. The molecule has 6 nitrogen and oxygen atoms in total. The molecule has 6 heteroatoms. The van der Waals surface area contributed by atoms with Crippen LogP contribution in [0.5, 0.6) is 0 Å². The van der Waals surface area contributed by atoms with E-state index in [0.717, 1.165) is 37.4 Å². The largest absolute Gasteiger partial charge is 0.309 e. The second-order valence-corrected chi connectivity index (χ2v) is 5.41. The average Bonchev–Trinajstić information content (AvgIpc) is 3.00. The van der Waals surface area contributed by atoms with Crippen molar-refractivity contribution in [3.05, 3.63) is 29.1 Å². The Hall–Kier alpha value is -1.69. The van der Waals surface area contributed by atoms with Crippen molar-refractivity contribution in [3.8, 4) is 0 Å². The van der Waals surface area contributed by atoms with E-state index in [1.807, 2.05) is 16.4 Å². The smallest absolute Gasteiger partial charge is 0.138 e. The molecule has 116 valence electrons. The quantitative estimate of drug-likeness (QED) is 0.846. The Labute approximate surface area is 126 Å². The Balaban J connectivity index is 2.30. The predicted molar refractivity (Wildman–Crippen MR) is 83.1 cm³/mol. The molecular formula is C15H26N6. The Morgan fingerprint density at radius 1 is 1.29 bits per heavy atom. The first-order chi connectivity index (χ1) is 10.1. The van der Waals surface area contributed by atoms with E-state index < -0.39 is 0 Å². The van der Waals surface area contributed by atoms with Crippen molar-refractivity contribution < 1.29 is 0 Å². The van der Waals surface area contributed by atoms with Crippen LogP contribution in [0.4, 0.5) is 0 Å². The Bertz CT molecular complexity index is 583. The molecule has 0 fully saturated rings. The van der Waals surface area contributed by atoms with Gasteiger partial charge in [-0.15, -0.1) is 0 Å². The van der Waals surface area contributed by atoms with Gasteiger partial charge in [0.05, 0.1) is 5.69 Å². The molecule has 0 saturated carbocycles. The Morgan fingerprint density at radius 2 is 2.05 bits per heavy atom. The van der Waals surface area contributed by atoms with Crippen LogP contribution >= 0.6 is 0 Å². The number of rotatable bonds is 7. The molecule has 0 aliphatic heterocycles. The van der Waals surface area contributed by atoms with E-state index >= 15 is 0 Å². The first-order valence-electron chi connectivity index (χ1n) is 7.68. The first-order valence-corrected chi connectivity index (χ1v) is 7.68. The highest BCUT2D eigenvalue weighted by Crippen LogP contribution is 2.24. The summed E-state index contributed by atoms with van der Waals surface area (Å²) in [6.07, 6.45) is 3.58. The molecule has 0 bridgehead atoms. The molecular weight excluding hydrogens is 264 g/mol. The van der Waals surface area contributed by atoms with Gasteiger partial charge in [0.25, 0.3) is 0 Å². The molecule has 2 rings (SSSR count). The van der Waals surface area contributed by atoms with Crippen LogP contribution in [-0.2, 0) is 20.0 Å². The molecule has 0 aliphatic carbocycles. The Morgan fingerprint density at radius 3 is 2.62 bits per heavy atom. The van der Waals surface area contributed by atoms with Gasteiger partial charge in [0.1, 0.15) is 12.2 Å². The van der Waals surface area contributed by atoms with Crippen molar-refractivity contribution in [2.45, 2.75) is 53.1 Å². The maximum absolute atomic E-state index is 4.55. The molecule has 1 unspecified atom stereocenters. The molecule has 1 atom stereocenters. The summed E-state index contributed by atoms with van der Waals surface area (Å²) in [5.41, 5.74) is 3.59. The maximum Gasteiger partial charge on any atom is 0.138 e. The number of aromatic nitrogens is 5. The van der Waals surface area contributed by atoms with Crippen molar-refractivity contribution in [2.24, 2.45) is 7.05 Å². The molecule has 2 aromatic heterocycles. The van der Waals surface area contributed by atoms with Crippen LogP contribution in [0.25, 0.3) is 0 Å². The summed E-state index contributed by atoms with van der Waals surface area (Å²) in [5, 5.41) is 12.4. The average molecular weight is 290 g/mol. The van der Waals surface area contributed by atoms with E-state index in [1.165, 1.54) is 11.3 Å². The van der Waals surface area contributed by atoms with Crippen molar-refractivity contribution in [1.29, 1.82) is 0 Å². The molecule has 0 amide bonds. The molecule has 1 N–H and O–H groups in total. The zero-order valence-corrected chi connectivity index (χ0v) is 13.7. The number of nitrogens with zero attached hydrogens (tertiary/aromatic N) is 5. The fourth-order valence-electron chi connectivity index (χ4n) is 2.78. The van der Waals surface area contributed by atoms with Crippen LogP contribution in [0.2, 0.25) is 0 Å². The van der Waals surface area contributed by atoms with Crippen LogP contribution in [0.1, 0.15) is 49.1 Å². The molecule has 0 aromatic carbocycles. The van der Waals surface area contributed by atoms with E-state index in [-0.39, 0.29) is 6.04 Å². The van der Waals surface area contributed by atoms with Gasteiger partial charge in [-0.05, 0) is 33.7 Å². The fourth-order valence-corrected chi connectivity index (χ4v) is 2.78. The first kappa shape index (κ1) is 15.7. The lowest BCUT2D eigenvalue weighted by Crippen LogP contribution is -2.26. The van der Waals surface area contributed by atoms with Crippen molar-refractivity contribution >= 4 is 0 Å². The molecule has 0 aliphatic rings. The van der Waals surface area contributed by atoms with Gasteiger partial charge in [-0.1, -0.05) is 6.92 Å². The third-order valence-electron chi connectivity index (χ3n) is 3.94. The minimum Gasteiger partial charge on any atom is -0.309 e. The minimum atomic E-state index is 0.230. The summed E-state index contributed by atoms with van der Waals surface area (Å²) in [6.45, 7) is 10.3. The summed E-state index contributed by atoms with van der Waals surface area (Å²) in [7, 11) is 2.00. The summed E-state index contributed by atoms with van der Waals surface area (Å²) < 4.78 is 3.91. The van der Waals surface area contributed by atoms with Gasteiger partial charge in [-0.2, -0.15) is 10.2 Å². The summed E-state index contributed by atoms with van der Waals surface area (Å²) >= 11 is 0. The van der Waals surface area contributed by atoms with Gasteiger partial charge in [-0.25, -0.2) is 4.98 Å². The zero-order valence-electron chi connectivity index (χ0n) is 13.7. The van der Waals surface area contributed by atoms with Crippen LogP contribution < -0.4 is 5.32 Å². The third kappa shape index (κ3) is 3.32. The normalized spacial score (nSPS) is 12.8. The van der Waals surface area contributed by atoms with Crippen molar-refractivity contribution in [2.75, 3.05) is 6.54 Å². The van der Waals surface area contributed by atoms with Crippen LogP contribution in [0, 0.1) is 13.8 Å². The van der Waals surface area contributed by atoms with Gasteiger partial charge in [0, 0.05) is 37.3 Å². The number of aryl methyl sites for hydroxylation is 3. The highest BCUT2D eigenvalue weighted by Gasteiger charge is 2.22. The van der Waals surface area contributed by atoms with E-state index in [2.05, 4.69) is 48.2 Å². The summed E-state index contributed by atoms with van der Waals surface area (Å²) in [6, 6.07) is 0.230. The van der Waals surface area contributed by atoms with Gasteiger partial charge >= 0.3 is 0 Å². The summed E-state index contributed by atoms with van der Waals surface area (Å²) in [4.78, 5) is 4.41. The zero-order chi connectivity index (χ0) is 15.4. The molecule has 2 aromatic rings. The van der Waals surface area contributed by atoms with Crippen LogP contribution in [0.15, 0.2) is 6.33 Å². The van der Waals surface area contributed by atoms with Gasteiger partial charge < -0.3 is 5.32 Å². The van der Waals surface area contributed by atoms with E-state index in [4.69, 9.17) is 0 Å². The van der Waals surface area contributed by atoms with Crippen molar-refractivity contribution in [1.82, 2.24) is 29.9 Å². The van der Waals surface area contributed by atoms with E-state index in [9.17, 15) is 0 Å². The molecule has 0 spiro atoms. The van der Waals surface area contributed by atoms with E-state index in [1.54, 1.807) is 6.33 Å². The lowest BCUT2D eigenvalue weighted by molar-refractivity contribution is 0.493. The highest BCUT2D eigenvalue weighted by molar-refractivity contribution is 5.29. The fraction of sp³-hybridized carbons (Fsp3) is 0.667. The predicted octanol–water partition coefficient (Wildman–Crippen LogP) is 1.93.